The van der Waals surface area contributed by atoms with Crippen molar-refractivity contribution in [2.75, 3.05) is 14.2 Å². The molecule has 0 aromatic heterocycles. The first kappa shape index (κ1) is 17.9. The fraction of sp³-hybridized carbons (Fsp3) is 0.350. The molecule has 0 radical (unpaired) electrons. The third kappa shape index (κ3) is 4.07. The molecule has 0 aliphatic carbocycles. The Morgan fingerprint density at radius 3 is 2.38 bits per heavy atom. The van der Waals surface area contributed by atoms with E-state index in [2.05, 4.69) is 5.32 Å². The topological polar surface area (TPSA) is 47.6 Å². The van der Waals surface area contributed by atoms with Crippen LogP contribution in [0.4, 0.5) is 0 Å². The van der Waals surface area contributed by atoms with Crippen molar-refractivity contribution in [3.63, 3.8) is 0 Å². The van der Waals surface area contributed by atoms with Gasteiger partial charge in [0.15, 0.2) is 0 Å². The molecule has 0 fully saturated rings. The lowest BCUT2D eigenvalue weighted by Gasteiger charge is -2.22. The number of nitrogens with one attached hydrogen (secondary N) is 1. The largest absolute Gasteiger partial charge is 0.497 e. The number of carbonyl (C=O) groups is 1. The van der Waals surface area contributed by atoms with Crippen LogP contribution in [0.15, 0.2) is 48.5 Å². The van der Waals surface area contributed by atoms with Crippen molar-refractivity contribution in [1.82, 2.24) is 5.32 Å². The zero-order valence-corrected chi connectivity index (χ0v) is 14.7. The Labute approximate surface area is 143 Å². The maximum absolute atomic E-state index is 12.7. The summed E-state index contributed by atoms with van der Waals surface area (Å²) in [5.74, 6) is 1.32. The van der Waals surface area contributed by atoms with E-state index in [9.17, 15) is 4.79 Å². The second-order valence-electron chi connectivity index (χ2n) is 5.71. The van der Waals surface area contributed by atoms with Crippen LogP contribution in [0.2, 0.25) is 0 Å². The first-order valence-corrected chi connectivity index (χ1v) is 8.17. The first-order valence-electron chi connectivity index (χ1n) is 8.17. The lowest BCUT2D eigenvalue weighted by molar-refractivity contribution is -0.123. The van der Waals surface area contributed by atoms with Crippen LogP contribution in [0.3, 0.4) is 0 Å². The Balaban J connectivity index is 2.19. The van der Waals surface area contributed by atoms with Crippen molar-refractivity contribution in [2.24, 2.45) is 0 Å². The molecule has 0 heterocycles. The minimum Gasteiger partial charge on any atom is -0.497 e. The molecule has 4 nitrogen and oxygen atoms in total. The predicted octanol–water partition coefficient (Wildman–Crippen LogP) is 4.07. The van der Waals surface area contributed by atoms with E-state index in [1.807, 2.05) is 62.4 Å². The van der Waals surface area contributed by atoms with Gasteiger partial charge in [-0.1, -0.05) is 37.3 Å². The molecule has 4 heteroatoms. The average Bonchev–Trinajstić information content (AvgIpc) is 2.62. The Morgan fingerprint density at radius 2 is 1.79 bits per heavy atom. The summed E-state index contributed by atoms with van der Waals surface area (Å²) >= 11 is 0. The van der Waals surface area contributed by atoms with E-state index in [0.717, 1.165) is 29.0 Å². The predicted molar refractivity (Wildman–Crippen MR) is 95.6 cm³/mol. The number of methoxy groups -OCH3 is 2. The molecule has 2 aromatic carbocycles. The molecule has 0 aliphatic rings. The lowest BCUT2D eigenvalue weighted by Crippen LogP contribution is -2.31. The van der Waals surface area contributed by atoms with Crippen LogP contribution in [0, 0.1) is 0 Å². The SMILES string of the molecule is CC[C@H](C(=O)N[C@@H](C)c1cc(OC)ccc1OC)c1ccccc1. The molecular formula is C20H25NO3. The first-order chi connectivity index (χ1) is 11.6. The second-order valence-corrected chi connectivity index (χ2v) is 5.71. The monoisotopic (exact) mass is 327 g/mol. The zero-order valence-electron chi connectivity index (χ0n) is 14.7. The van der Waals surface area contributed by atoms with Crippen molar-refractivity contribution in [2.45, 2.75) is 32.2 Å². The smallest absolute Gasteiger partial charge is 0.228 e. The van der Waals surface area contributed by atoms with Crippen molar-refractivity contribution in [1.29, 1.82) is 0 Å². The quantitative estimate of drug-likeness (QED) is 0.834. The summed E-state index contributed by atoms with van der Waals surface area (Å²) in [7, 11) is 3.25. The van der Waals surface area contributed by atoms with Gasteiger partial charge in [0.2, 0.25) is 5.91 Å². The fourth-order valence-corrected chi connectivity index (χ4v) is 2.83. The molecule has 2 aromatic rings. The summed E-state index contributed by atoms with van der Waals surface area (Å²) in [6.45, 7) is 3.97. The van der Waals surface area contributed by atoms with Gasteiger partial charge in [-0.05, 0) is 37.1 Å². The Morgan fingerprint density at radius 1 is 1.08 bits per heavy atom. The third-order valence-electron chi connectivity index (χ3n) is 4.19. The van der Waals surface area contributed by atoms with Crippen LogP contribution < -0.4 is 14.8 Å². The van der Waals surface area contributed by atoms with Gasteiger partial charge >= 0.3 is 0 Å². The van der Waals surface area contributed by atoms with Crippen LogP contribution in [-0.4, -0.2) is 20.1 Å². The van der Waals surface area contributed by atoms with E-state index in [4.69, 9.17) is 9.47 Å². The summed E-state index contributed by atoms with van der Waals surface area (Å²) in [4.78, 5) is 12.7. The van der Waals surface area contributed by atoms with Crippen LogP contribution >= 0.6 is 0 Å². The summed E-state index contributed by atoms with van der Waals surface area (Å²) in [6, 6.07) is 15.3. The van der Waals surface area contributed by atoms with Gasteiger partial charge in [-0.25, -0.2) is 0 Å². The van der Waals surface area contributed by atoms with Gasteiger partial charge in [0.05, 0.1) is 26.2 Å². The number of rotatable bonds is 7. The lowest BCUT2D eigenvalue weighted by atomic mass is 9.95. The van der Waals surface area contributed by atoms with E-state index in [1.54, 1.807) is 14.2 Å². The van der Waals surface area contributed by atoms with Crippen LogP contribution in [0.1, 0.15) is 43.4 Å². The van der Waals surface area contributed by atoms with E-state index in [0.29, 0.717) is 0 Å². The molecule has 0 saturated heterocycles. The van der Waals surface area contributed by atoms with Crippen molar-refractivity contribution in [3.8, 4) is 11.5 Å². The van der Waals surface area contributed by atoms with Gasteiger partial charge in [-0.2, -0.15) is 0 Å². The highest BCUT2D eigenvalue weighted by molar-refractivity contribution is 5.84. The van der Waals surface area contributed by atoms with Crippen LogP contribution in [0.5, 0.6) is 11.5 Å². The highest BCUT2D eigenvalue weighted by Gasteiger charge is 2.22. The molecule has 1 amide bonds. The molecule has 128 valence electrons. The fourth-order valence-electron chi connectivity index (χ4n) is 2.83. The highest BCUT2D eigenvalue weighted by Crippen LogP contribution is 2.30. The third-order valence-corrected chi connectivity index (χ3v) is 4.19. The second kappa shape index (κ2) is 8.39. The van der Waals surface area contributed by atoms with Crippen molar-refractivity contribution >= 4 is 5.91 Å². The van der Waals surface area contributed by atoms with E-state index < -0.39 is 0 Å². The number of benzene rings is 2. The number of hydrogen-bond acceptors (Lipinski definition) is 3. The Hall–Kier alpha value is -2.49. The van der Waals surface area contributed by atoms with Crippen LogP contribution in [0.25, 0.3) is 0 Å². The maximum atomic E-state index is 12.7. The van der Waals surface area contributed by atoms with E-state index in [1.165, 1.54) is 0 Å². The summed E-state index contributed by atoms with van der Waals surface area (Å²) < 4.78 is 10.7. The molecule has 2 rings (SSSR count). The minimum atomic E-state index is -0.180. The molecule has 2 atom stereocenters. The molecule has 0 unspecified atom stereocenters. The Bertz CT molecular complexity index is 670. The number of carbonyl (C=O) groups excluding carboxylic acids is 1. The van der Waals surface area contributed by atoms with Gasteiger partial charge in [-0.15, -0.1) is 0 Å². The average molecular weight is 327 g/mol. The van der Waals surface area contributed by atoms with Crippen molar-refractivity contribution in [3.05, 3.63) is 59.7 Å². The normalized spacial score (nSPS) is 13.0. The molecule has 0 saturated carbocycles. The molecule has 0 aliphatic heterocycles. The molecule has 1 N–H and O–H groups in total. The van der Waals surface area contributed by atoms with Crippen LogP contribution in [-0.2, 0) is 4.79 Å². The minimum absolute atomic E-state index is 0.0149. The summed E-state index contributed by atoms with van der Waals surface area (Å²) in [6.07, 6.45) is 0.748. The van der Waals surface area contributed by atoms with Gasteiger partial charge in [-0.3, -0.25) is 4.79 Å². The molecular weight excluding hydrogens is 302 g/mol. The summed E-state index contributed by atoms with van der Waals surface area (Å²) in [5.41, 5.74) is 1.93. The van der Waals surface area contributed by atoms with Crippen molar-refractivity contribution < 1.29 is 14.3 Å². The number of ether oxygens (including phenoxy) is 2. The summed E-state index contributed by atoms with van der Waals surface area (Å²) in [5, 5.41) is 3.10. The molecule has 24 heavy (non-hydrogen) atoms. The number of amides is 1. The molecule has 0 bridgehead atoms. The van der Waals surface area contributed by atoms with Gasteiger partial charge in [0.25, 0.3) is 0 Å². The van der Waals surface area contributed by atoms with Gasteiger partial charge in [0.1, 0.15) is 11.5 Å². The standard InChI is InChI=1S/C20H25NO3/c1-5-17(15-9-7-6-8-10-15)20(22)21-14(2)18-13-16(23-3)11-12-19(18)24-4/h6-14,17H,5H2,1-4H3,(H,21,22)/t14-,17-/m0/s1. The van der Waals surface area contributed by atoms with Gasteiger partial charge < -0.3 is 14.8 Å². The van der Waals surface area contributed by atoms with Gasteiger partial charge in [0, 0.05) is 5.56 Å². The Kier molecular flexibility index (Phi) is 6.24. The number of hydrogen-bond donors (Lipinski definition) is 1. The highest BCUT2D eigenvalue weighted by atomic mass is 16.5. The van der Waals surface area contributed by atoms with E-state index in [-0.39, 0.29) is 17.9 Å². The zero-order chi connectivity index (χ0) is 17.5. The maximum Gasteiger partial charge on any atom is 0.228 e. The van der Waals surface area contributed by atoms with E-state index >= 15 is 0 Å². The molecule has 0 spiro atoms.